The Morgan fingerprint density at radius 2 is 1.81 bits per heavy atom. The summed E-state index contributed by atoms with van der Waals surface area (Å²) in [6.07, 6.45) is 1.04. The van der Waals surface area contributed by atoms with E-state index in [1.54, 1.807) is 7.11 Å². The topological polar surface area (TPSA) is 97.7 Å². The number of methoxy groups -OCH3 is 1. The number of aromatic nitrogens is 1. The van der Waals surface area contributed by atoms with Gasteiger partial charge in [-0.3, -0.25) is 9.59 Å². The van der Waals surface area contributed by atoms with Gasteiger partial charge in [0.2, 0.25) is 11.8 Å². The van der Waals surface area contributed by atoms with Crippen LogP contribution >= 0.6 is 0 Å². The molecule has 0 spiro atoms. The van der Waals surface area contributed by atoms with Crippen LogP contribution in [-0.2, 0) is 20.7 Å². The van der Waals surface area contributed by atoms with E-state index < -0.39 is 11.8 Å². The molecule has 0 radical (unpaired) electrons. The summed E-state index contributed by atoms with van der Waals surface area (Å²) >= 11 is 0. The highest BCUT2D eigenvalue weighted by molar-refractivity contribution is 5.94. The number of nitrogens with two attached hydrogens (primary N) is 1. The van der Waals surface area contributed by atoms with E-state index in [1.807, 2.05) is 35.2 Å². The Labute approximate surface area is 186 Å². The molecular weight excluding hydrogens is 406 g/mol. The summed E-state index contributed by atoms with van der Waals surface area (Å²) in [6.45, 7) is 2.31. The number of aromatic amines is 1. The third-order valence-electron chi connectivity index (χ3n) is 6.70. The molecule has 2 atom stereocenters. The van der Waals surface area contributed by atoms with Crippen molar-refractivity contribution in [3.05, 3.63) is 53.7 Å². The number of nitrogens with zero attached hydrogens (tertiary/aromatic N) is 1. The van der Waals surface area contributed by atoms with Crippen LogP contribution in [0.25, 0.3) is 22.0 Å². The second-order valence-corrected chi connectivity index (χ2v) is 8.54. The van der Waals surface area contributed by atoms with Gasteiger partial charge >= 0.3 is 0 Å². The summed E-state index contributed by atoms with van der Waals surface area (Å²) in [4.78, 5) is 30.8. The van der Waals surface area contributed by atoms with Gasteiger partial charge in [-0.15, -0.1) is 0 Å². The molecule has 2 unspecified atom stereocenters. The third-order valence-corrected chi connectivity index (χ3v) is 6.70. The first kappa shape index (κ1) is 20.6. The normalized spacial score (nSPS) is 20.7. The second-order valence-electron chi connectivity index (χ2n) is 8.54. The lowest BCUT2D eigenvalue weighted by molar-refractivity contribution is -0.140. The van der Waals surface area contributed by atoms with Crippen molar-refractivity contribution in [3.63, 3.8) is 0 Å². The first-order valence-electron chi connectivity index (χ1n) is 11.0. The van der Waals surface area contributed by atoms with Crippen LogP contribution in [0, 0.1) is 5.92 Å². The number of benzene rings is 2. The minimum atomic E-state index is -0.495. The summed E-state index contributed by atoms with van der Waals surface area (Å²) in [5.74, 6) is -0.256. The van der Waals surface area contributed by atoms with Crippen LogP contribution in [-0.4, -0.2) is 55.1 Å². The van der Waals surface area contributed by atoms with Crippen LogP contribution in [0.3, 0.4) is 0 Å². The lowest BCUT2D eigenvalue weighted by Gasteiger charge is -2.33. The van der Waals surface area contributed by atoms with E-state index >= 15 is 0 Å². The van der Waals surface area contributed by atoms with Crippen LogP contribution in [0.15, 0.2) is 42.5 Å². The molecule has 1 saturated heterocycles. The fraction of sp³-hybridized carbons (Fsp3) is 0.360. The summed E-state index contributed by atoms with van der Waals surface area (Å²) in [5, 5.41) is 1.04. The summed E-state index contributed by atoms with van der Waals surface area (Å²) in [6, 6.07) is 14.1. The molecule has 0 bridgehead atoms. The van der Waals surface area contributed by atoms with E-state index in [0.29, 0.717) is 39.1 Å². The molecule has 2 amide bonds. The van der Waals surface area contributed by atoms with Crippen molar-refractivity contribution in [1.82, 2.24) is 9.88 Å². The molecular formula is C25H27N3O4. The maximum absolute atomic E-state index is 13.2. The molecule has 1 aliphatic heterocycles. The number of H-pyrrole nitrogens is 1. The molecule has 3 aromatic rings. The average Bonchev–Trinajstić information content (AvgIpc) is 3.21. The van der Waals surface area contributed by atoms with Crippen molar-refractivity contribution < 1.29 is 19.1 Å². The molecule has 2 aromatic carbocycles. The molecule has 1 aromatic heterocycles. The Morgan fingerprint density at radius 3 is 2.50 bits per heavy atom. The minimum absolute atomic E-state index is 0.0888. The largest absolute Gasteiger partial charge is 0.497 e. The van der Waals surface area contributed by atoms with E-state index in [2.05, 4.69) is 17.1 Å². The number of nitrogens with one attached hydrogen (secondary N) is 1. The fourth-order valence-corrected chi connectivity index (χ4v) is 4.97. The van der Waals surface area contributed by atoms with Gasteiger partial charge in [0.25, 0.3) is 0 Å². The van der Waals surface area contributed by atoms with E-state index in [-0.39, 0.29) is 11.8 Å². The molecule has 32 heavy (non-hydrogen) atoms. The smallest absolute Gasteiger partial charge is 0.226 e. The molecule has 0 saturated carbocycles. The number of morpholine rings is 1. The van der Waals surface area contributed by atoms with Crippen molar-refractivity contribution in [2.24, 2.45) is 11.7 Å². The standard InChI is InChI=1S/C25H27N3O4/c1-31-18-5-2-15(3-6-18)16-4-7-22-19(12-16)20-13-17(14-21(24(26)29)23(20)27-22)25(30)28-8-10-32-11-9-28/h2-7,12,17,21,27H,8-11,13-14H2,1H3,(H2,26,29). The SMILES string of the molecule is COc1ccc(-c2ccc3[nH]c4c(c3c2)CC(C(=O)N2CCOCC2)CC4C(N)=O)cc1. The first-order valence-corrected chi connectivity index (χ1v) is 11.0. The fourth-order valence-electron chi connectivity index (χ4n) is 4.97. The van der Waals surface area contributed by atoms with Gasteiger partial charge in [-0.2, -0.15) is 0 Å². The van der Waals surface area contributed by atoms with Crippen molar-refractivity contribution in [2.45, 2.75) is 18.8 Å². The second kappa shape index (κ2) is 8.31. The monoisotopic (exact) mass is 433 g/mol. The Bertz CT molecular complexity index is 1160. The predicted octanol–water partition coefficient (Wildman–Crippen LogP) is 2.83. The Morgan fingerprint density at radius 1 is 1.09 bits per heavy atom. The zero-order valence-electron chi connectivity index (χ0n) is 18.1. The number of fused-ring (bicyclic) bond motifs is 3. The van der Waals surface area contributed by atoms with Crippen molar-refractivity contribution >= 4 is 22.7 Å². The Hall–Kier alpha value is -3.32. The van der Waals surface area contributed by atoms with E-state index in [9.17, 15) is 9.59 Å². The van der Waals surface area contributed by atoms with Crippen molar-refractivity contribution in [3.8, 4) is 16.9 Å². The number of hydrogen-bond donors (Lipinski definition) is 2. The zero-order valence-corrected chi connectivity index (χ0v) is 18.1. The van der Waals surface area contributed by atoms with Crippen molar-refractivity contribution in [2.75, 3.05) is 33.4 Å². The molecule has 7 heteroatoms. The van der Waals surface area contributed by atoms with Gasteiger partial charge < -0.3 is 25.1 Å². The molecule has 1 fully saturated rings. The predicted molar refractivity (Wildman–Crippen MR) is 121 cm³/mol. The number of rotatable bonds is 4. The molecule has 2 heterocycles. The van der Waals surface area contributed by atoms with Crippen LogP contribution in [0.1, 0.15) is 23.6 Å². The lowest BCUT2D eigenvalue weighted by atomic mass is 9.78. The van der Waals surface area contributed by atoms with Crippen LogP contribution in [0.4, 0.5) is 0 Å². The van der Waals surface area contributed by atoms with Gasteiger partial charge in [-0.1, -0.05) is 18.2 Å². The Balaban J connectivity index is 1.53. The highest BCUT2D eigenvalue weighted by Gasteiger charge is 2.38. The number of primary amides is 1. The minimum Gasteiger partial charge on any atom is -0.497 e. The van der Waals surface area contributed by atoms with Gasteiger partial charge in [0, 0.05) is 35.6 Å². The quantitative estimate of drug-likeness (QED) is 0.661. The highest BCUT2D eigenvalue weighted by Crippen LogP contribution is 2.40. The van der Waals surface area contributed by atoms with E-state index in [0.717, 1.165) is 39.0 Å². The molecule has 3 N–H and O–H groups in total. The maximum Gasteiger partial charge on any atom is 0.226 e. The summed E-state index contributed by atoms with van der Waals surface area (Å²) < 4.78 is 10.7. The Kier molecular flexibility index (Phi) is 5.35. The molecule has 5 rings (SSSR count). The van der Waals surface area contributed by atoms with Crippen LogP contribution in [0.2, 0.25) is 0 Å². The van der Waals surface area contributed by atoms with Crippen molar-refractivity contribution in [1.29, 1.82) is 0 Å². The van der Waals surface area contributed by atoms with Gasteiger partial charge in [-0.25, -0.2) is 0 Å². The first-order chi connectivity index (χ1) is 15.5. The maximum atomic E-state index is 13.2. The van der Waals surface area contributed by atoms with E-state index in [1.165, 1.54) is 0 Å². The number of carbonyl (C=O) groups is 2. The van der Waals surface area contributed by atoms with Gasteiger partial charge in [-0.05, 0) is 53.8 Å². The number of ether oxygens (including phenoxy) is 2. The molecule has 1 aliphatic carbocycles. The number of hydrogen-bond acceptors (Lipinski definition) is 4. The van der Waals surface area contributed by atoms with E-state index in [4.69, 9.17) is 15.2 Å². The van der Waals surface area contributed by atoms with Gasteiger partial charge in [0.1, 0.15) is 5.75 Å². The average molecular weight is 434 g/mol. The summed E-state index contributed by atoms with van der Waals surface area (Å²) in [5.41, 5.74) is 10.8. The van der Waals surface area contributed by atoms with Crippen LogP contribution < -0.4 is 10.5 Å². The molecule has 166 valence electrons. The lowest BCUT2D eigenvalue weighted by Crippen LogP contribution is -2.45. The molecule has 2 aliphatic rings. The summed E-state index contributed by atoms with van der Waals surface area (Å²) in [7, 11) is 1.65. The third kappa shape index (κ3) is 3.62. The molecule has 7 nitrogen and oxygen atoms in total. The van der Waals surface area contributed by atoms with Crippen LogP contribution in [0.5, 0.6) is 5.75 Å². The zero-order chi connectivity index (χ0) is 22.2. The number of amides is 2. The highest BCUT2D eigenvalue weighted by atomic mass is 16.5. The van der Waals surface area contributed by atoms with Gasteiger partial charge in [0.05, 0.1) is 26.2 Å². The number of carbonyl (C=O) groups excluding carboxylic acids is 2. The van der Waals surface area contributed by atoms with Gasteiger partial charge in [0.15, 0.2) is 0 Å².